The summed E-state index contributed by atoms with van der Waals surface area (Å²) in [6.07, 6.45) is -0.442. The SMILES string of the molecule is CC(C)(C)OC(=O)N(COCC[Si](C)(C)C)c1nc(Br)cs1. The molecule has 0 saturated heterocycles. The van der Waals surface area contributed by atoms with Gasteiger partial charge in [0.1, 0.15) is 16.9 Å². The van der Waals surface area contributed by atoms with Crippen LogP contribution >= 0.6 is 27.3 Å². The van der Waals surface area contributed by atoms with Crippen molar-refractivity contribution in [2.24, 2.45) is 0 Å². The minimum Gasteiger partial charge on any atom is -0.443 e. The topological polar surface area (TPSA) is 51.7 Å². The fraction of sp³-hybridized carbons (Fsp3) is 0.714. The van der Waals surface area contributed by atoms with Gasteiger partial charge in [-0.2, -0.15) is 0 Å². The lowest BCUT2D eigenvalue weighted by atomic mass is 10.2. The number of anilines is 1. The molecule has 0 aliphatic carbocycles. The number of thiazole rings is 1. The normalized spacial score (nSPS) is 12.3. The lowest BCUT2D eigenvalue weighted by Gasteiger charge is -2.26. The zero-order valence-electron chi connectivity index (χ0n) is 14.1. The Hall–Kier alpha value is -0.443. The third kappa shape index (κ3) is 7.71. The lowest BCUT2D eigenvalue weighted by Crippen LogP contribution is -2.38. The van der Waals surface area contributed by atoms with Gasteiger partial charge in [-0.05, 0) is 42.7 Å². The molecule has 5 nitrogen and oxygen atoms in total. The Morgan fingerprint density at radius 1 is 1.41 bits per heavy atom. The predicted molar refractivity (Wildman–Crippen MR) is 97.5 cm³/mol. The first-order valence-corrected chi connectivity index (χ1v) is 12.6. The van der Waals surface area contributed by atoms with Crippen LogP contribution in [0.1, 0.15) is 20.8 Å². The van der Waals surface area contributed by atoms with Crippen LogP contribution in [0.2, 0.25) is 25.7 Å². The molecule has 8 heteroatoms. The molecule has 0 spiro atoms. The zero-order chi connectivity index (χ0) is 17.0. The Balaban J connectivity index is 2.69. The van der Waals surface area contributed by atoms with Crippen LogP contribution in [-0.4, -0.2) is 38.1 Å². The summed E-state index contributed by atoms with van der Waals surface area (Å²) in [5, 5.41) is 2.39. The van der Waals surface area contributed by atoms with E-state index >= 15 is 0 Å². The first-order chi connectivity index (χ1) is 9.98. The van der Waals surface area contributed by atoms with Gasteiger partial charge in [0, 0.05) is 20.1 Å². The van der Waals surface area contributed by atoms with Crippen molar-refractivity contribution in [3.8, 4) is 0 Å². The summed E-state index contributed by atoms with van der Waals surface area (Å²) in [6.45, 7) is 13.2. The smallest absolute Gasteiger partial charge is 0.418 e. The molecule has 1 rings (SSSR count). The molecule has 1 aromatic rings. The van der Waals surface area contributed by atoms with Gasteiger partial charge in [-0.1, -0.05) is 19.6 Å². The Bertz CT molecular complexity index is 497. The van der Waals surface area contributed by atoms with E-state index in [1.165, 1.54) is 16.2 Å². The maximum Gasteiger partial charge on any atom is 0.418 e. The second-order valence-electron chi connectivity index (χ2n) is 7.21. The largest absolute Gasteiger partial charge is 0.443 e. The predicted octanol–water partition coefficient (Wildman–Crippen LogP) is 4.96. The number of hydrogen-bond acceptors (Lipinski definition) is 5. The molecule has 0 atom stereocenters. The van der Waals surface area contributed by atoms with Crippen LogP contribution < -0.4 is 4.90 Å². The molecule has 0 saturated carbocycles. The van der Waals surface area contributed by atoms with Gasteiger partial charge >= 0.3 is 6.09 Å². The monoisotopic (exact) mass is 408 g/mol. The standard InChI is InChI=1S/C14H25BrN2O3SSi/c1-14(2,3)20-13(18)17(12-16-11(15)9-21-12)10-19-7-8-22(4,5)6/h9H,7-8,10H2,1-6H3. The van der Waals surface area contributed by atoms with Gasteiger partial charge in [-0.3, -0.25) is 0 Å². The summed E-state index contributed by atoms with van der Waals surface area (Å²) in [4.78, 5) is 18.1. The number of aromatic nitrogens is 1. The Kier molecular flexibility index (Phi) is 7.04. The van der Waals surface area contributed by atoms with Crippen molar-refractivity contribution in [1.82, 2.24) is 4.98 Å². The highest BCUT2D eigenvalue weighted by molar-refractivity contribution is 9.10. The maximum absolute atomic E-state index is 12.3. The highest BCUT2D eigenvalue weighted by atomic mass is 79.9. The average molecular weight is 409 g/mol. The first-order valence-electron chi connectivity index (χ1n) is 7.17. The number of nitrogens with zero attached hydrogens (tertiary/aromatic N) is 2. The van der Waals surface area contributed by atoms with Crippen molar-refractivity contribution in [1.29, 1.82) is 0 Å². The number of halogens is 1. The van der Waals surface area contributed by atoms with E-state index in [0.717, 1.165) is 6.04 Å². The van der Waals surface area contributed by atoms with Crippen molar-refractivity contribution < 1.29 is 14.3 Å². The van der Waals surface area contributed by atoms with Crippen LogP contribution in [0.4, 0.5) is 9.93 Å². The molecule has 0 fully saturated rings. The average Bonchev–Trinajstić information content (AvgIpc) is 2.71. The molecule has 0 bridgehead atoms. The van der Waals surface area contributed by atoms with Crippen LogP contribution in [0, 0.1) is 0 Å². The van der Waals surface area contributed by atoms with Gasteiger partial charge in [0.15, 0.2) is 5.13 Å². The third-order valence-electron chi connectivity index (χ3n) is 2.53. The minimum atomic E-state index is -1.15. The molecule has 1 amide bonds. The Labute approximate surface area is 146 Å². The number of rotatable bonds is 6. The second kappa shape index (κ2) is 7.90. The van der Waals surface area contributed by atoms with Gasteiger partial charge in [0.25, 0.3) is 0 Å². The summed E-state index contributed by atoms with van der Waals surface area (Å²) in [5.41, 5.74) is -0.553. The number of carbonyl (C=O) groups excluding carboxylic acids is 1. The van der Waals surface area contributed by atoms with Gasteiger partial charge in [-0.15, -0.1) is 11.3 Å². The highest BCUT2D eigenvalue weighted by Crippen LogP contribution is 2.25. The van der Waals surface area contributed by atoms with Gasteiger partial charge in [0.2, 0.25) is 0 Å². The van der Waals surface area contributed by atoms with Crippen molar-refractivity contribution in [3.63, 3.8) is 0 Å². The Morgan fingerprint density at radius 2 is 2.05 bits per heavy atom. The van der Waals surface area contributed by atoms with E-state index in [9.17, 15) is 4.79 Å². The van der Waals surface area contributed by atoms with Gasteiger partial charge in [0.05, 0.1) is 0 Å². The number of amides is 1. The van der Waals surface area contributed by atoms with Crippen LogP contribution in [0.3, 0.4) is 0 Å². The number of carbonyl (C=O) groups is 1. The summed E-state index contributed by atoms with van der Waals surface area (Å²) >= 11 is 4.68. The summed E-state index contributed by atoms with van der Waals surface area (Å²) < 4.78 is 11.8. The second-order valence-corrected chi connectivity index (χ2v) is 14.5. The molecule has 0 aromatic carbocycles. The molecule has 0 unspecified atom stereocenters. The van der Waals surface area contributed by atoms with Crippen molar-refractivity contribution in [3.05, 3.63) is 9.98 Å². The van der Waals surface area contributed by atoms with Crippen molar-refractivity contribution >= 4 is 46.6 Å². The number of ether oxygens (including phenoxy) is 2. The van der Waals surface area contributed by atoms with E-state index in [1.54, 1.807) is 0 Å². The Morgan fingerprint density at radius 3 is 2.50 bits per heavy atom. The van der Waals surface area contributed by atoms with E-state index in [2.05, 4.69) is 40.6 Å². The molecule has 1 heterocycles. The van der Waals surface area contributed by atoms with Crippen LogP contribution in [-0.2, 0) is 9.47 Å². The molecule has 0 aliphatic heterocycles. The van der Waals surface area contributed by atoms with Crippen LogP contribution in [0.15, 0.2) is 9.98 Å². The van der Waals surface area contributed by atoms with Crippen LogP contribution in [0.25, 0.3) is 0 Å². The van der Waals surface area contributed by atoms with E-state index in [4.69, 9.17) is 9.47 Å². The summed E-state index contributed by atoms with van der Waals surface area (Å²) in [5.74, 6) is 0. The zero-order valence-corrected chi connectivity index (χ0v) is 17.5. The highest BCUT2D eigenvalue weighted by Gasteiger charge is 2.25. The summed E-state index contributed by atoms with van der Waals surface area (Å²) in [6, 6.07) is 1.05. The van der Waals surface area contributed by atoms with Gasteiger partial charge in [-0.25, -0.2) is 14.7 Å². The van der Waals surface area contributed by atoms with Crippen LogP contribution in [0.5, 0.6) is 0 Å². The molecule has 126 valence electrons. The molecule has 1 aromatic heterocycles. The van der Waals surface area contributed by atoms with Crippen molar-refractivity contribution in [2.45, 2.75) is 52.1 Å². The fourth-order valence-electron chi connectivity index (χ4n) is 1.41. The minimum absolute atomic E-state index is 0.152. The quantitative estimate of drug-likeness (QED) is 0.379. The van der Waals surface area contributed by atoms with E-state index in [1.807, 2.05) is 26.2 Å². The molecular weight excluding hydrogens is 384 g/mol. The number of hydrogen-bond donors (Lipinski definition) is 0. The van der Waals surface area contributed by atoms with E-state index < -0.39 is 19.8 Å². The van der Waals surface area contributed by atoms with Crippen molar-refractivity contribution in [2.75, 3.05) is 18.2 Å². The first kappa shape index (κ1) is 19.6. The van der Waals surface area contributed by atoms with Gasteiger partial charge < -0.3 is 9.47 Å². The molecule has 0 radical (unpaired) electrons. The van der Waals surface area contributed by atoms with E-state index in [0.29, 0.717) is 16.3 Å². The third-order valence-corrected chi connectivity index (χ3v) is 5.80. The molecule has 0 N–H and O–H groups in total. The maximum atomic E-state index is 12.3. The fourth-order valence-corrected chi connectivity index (χ4v) is 3.39. The molecular formula is C14H25BrN2O3SSi. The molecule has 22 heavy (non-hydrogen) atoms. The molecule has 0 aliphatic rings. The van der Waals surface area contributed by atoms with E-state index in [-0.39, 0.29) is 6.73 Å². The summed E-state index contributed by atoms with van der Waals surface area (Å²) in [7, 11) is -1.15. The lowest BCUT2D eigenvalue weighted by molar-refractivity contribution is 0.0500.